The molecule has 0 unspecified atom stereocenters. The molecule has 7 heteroatoms. The molecule has 0 spiro atoms. The highest BCUT2D eigenvalue weighted by molar-refractivity contribution is 7.85. The van der Waals surface area contributed by atoms with Crippen LogP contribution in [0.3, 0.4) is 0 Å². The molecule has 0 bridgehead atoms. The number of hydrogen-bond donors (Lipinski definition) is 3. The number of carbonyl (C=O) groups excluding carboxylic acids is 1. The van der Waals surface area contributed by atoms with E-state index in [1.165, 1.54) is 11.1 Å². The van der Waals surface area contributed by atoms with Crippen LogP contribution in [0.4, 0.5) is 11.4 Å². The number of carbonyl (C=O) groups is 1. The van der Waals surface area contributed by atoms with Gasteiger partial charge < -0.3 is 10.6 Å². The smallest absolute Gasteiger partial charge is 0.264 e. The first-order valence-electron chi connectivity index (χ1n) is 8.95. The molecule has 28 heavy (non-hydrogen) atoms. The maximum Gasteiger partial charge on any atom is 0.264 e. The van der Waals surface area contributed by atoms with Crippen molar-refractivity contribution in [2.45, 2.75) is 26.7 Å². The second-order valence-corrected chi connectivity index (χ2v) is 7.92. The van der Waals surface area contributed by atoms with E-state index < -0.39 is 10.1 Å². The Balaban J connectivity index is 0.000000284. The lowest BCUT2D eigenvalue weighted by Gasteiger charge is -2.06. The van der Waals surface area contributed by atoms with Gasteiger partial charge in [-0.2, -0.15) is 8.42 Å². The zero-order chi connectivity index (χ0) is 21.0. The van der Waals surface area contributed by atoms with Gasteiger partial charge >= 0.3 is 0 Å². The van der Waals surface area contributed by atoms with Crippen molar-refractivity contribution in [3.05, 3.63) is 72.3 Å². The van der Waals surface area contributed by atoms with Gasteiger partial charge in [-0.05, 0) is 57.0 Å². The van der Waals surface area contributed by atoms with E-state index in [4.69, 9.17) is 4.55 Å². The van der Waals surface area contributed by atoms with Gasteiger partial charge in [0.05, 0.1) is 5.75 Å². The van der Waals surface area contributed by atoms with E-state index in [1.807, 2.05) is 0 Å². The van der Waals surface area contributed by atoms with Crippen molar-refractivity contribution >= 4 is 27.4 Å². The molecule has 6 nitrogen and oxygen atoms in total. The van der Waals surface area contributed by atoms with Crippen molar-refractivity contribution in [3.8, 4) is 0 Å². The van der Waals surface area contributed by atoms with E-state index in [-0.39, 0.29) is 11.7 Å². The molecule has 2 aromatic rings. The maximum atomic E-state index is 10.6. The van der Waals surface area contributed by atoms with Gasteiger partial charge in [0.15, 0.2) is 0 Å². The van der Waals surface area contributed by atoms with E-state index in [9.17, 15) is 13.2 Å². The number of aryl methyl sites for hydroxylation is 2. The molecule has 0 aliphatic rings. The predicted octanol–water partition coefficient (Wildman–Crippen LogP) is 4.00. The molecule has 1 amide bonds. The minimum Gasteiger partial charge on any atom is -0.356 e. The fourth-order valence-electron chi connectivity index (χ4n) is 2.13. The molecule has 3 N–H and O–H groups in total. The summed E-state index contributed by atoms with van der Waals surface area (Å²) in [6, 6.07) is 16.8. The Morgan fingerprint density at radius 2 is 1.43 bits per heavy atom. The molecule has 0 saturated carbocycles. The first-order chi connectivity index (χ1) is 13.2. The van der Waals surface area contributed by atoms with Crippen molar-refractivity contribution in [2.24, 2.45) is 0 Å². The first kappa shape index (κ1) is 23.4. The summed E-state index contributed by atoms with van der Waals surface area (Å²) in [5.74, 6) is -0.552. The average molecular weight is 405 g/mol. The van der Waals surface area contributed by atoms with Crippen LogP contribution in [0.25, 0.3) is 0 Å². The van der Waals surface area contributed by atoms with Gasteiger partial charge in [-0.25, -0.2) is 0 Å². The average Bonchev–Trinajstić information content (AvgIpc) is 2.64. The number of amides is 1. The number of nitrogens with one attached hydrogen (secondary N) is 2. The van der Waals surface area contributed by atoms with Gasteiger partial charge in [0.2, 0.25) is 5.91 Å². The zero-order valence-electron chi connectivity index (χ0n) is 16.3. The number of benzene rings is 2. The standard InChI is InChI=1S/C14H15N.C7H13NO4S/c1-11-3-7-13(8-4-11)15-14-9-5-12(2)6-10-14;1-2-7(9)8-5-3-4-6-13(10,11)12/h3-10,15H,1-2H3;2H,1,3-6H2,(H,8,9)(H,10,11,12). The molecule has 0 radical (unpaired) electrons. The topological polar surface area (TPSA) is 95.5 Å². The van der Waals surface area contributed by atoms with Crippen LogP contribution >= 0.6 is 0 Å². The third-order valence-corrected chi connectivity index (χ3v) is 4.51. The Kier molecular flexibility index (Phi) is 9.98. The molecule has 0 aromatic heterocycles. The van der Waals surface area contributed by atoms with Crippen LogP contribution in [0.15, 0.2) is 61.2 Å². The van der Waals surface area contributed by atoms with E-state index in [0.717, 1.165) is 17.5 Å². The van der Waals surface area contributed by atoms with Crippen LogP contribution < -0.4 is 10.6 Å². The van der Waals surface area contributed by atoms with E-state index in [2.05, 4.69) is 79.6 Å². The van der Waals surface area contributed by atoms with E-state index >= 15 is 0 Å². The predicted molar refractivity (Wildman–Crippen MR) is 114 cm³/mol. The Morgan fingerprint density at radius 1 is 0.964 bits per heavy atom. The van der Waals surface area contributed by atoms with Crippen molar-refractivity contribution < 1.29 is 17.8 Å². The number of anilines is 2. The summed E-state index contributed by atoms with van der Waals surface area (Å²) in [5, 5.41) is 5.84. The molecule has 2 rings (SSSR count). The lowest BCUT2D eigenvalue weighted by Crippen LogP contribution is -2.22. The van der Waals surface area contributed by atoms with Crippen LogP contribution in [0.1, 0.15) is 24.0 Å². The normalized spacial score (nSPS) is 10.4. The summed E-state index contributed by atoms with van der Waals surface area (Å²) >= 11 is 0. The molecular weight excluding hydrogens is 376 g/mol. The van der Waals surface area contributed by atoms with Crippen molar-refractivity contribution in [3.63, 3.8) is 0 Å². The summed E-state index contributed by atoms with van der Waals surface area (Å²) in [7, 11) is -3.86. The molecular formula is C21H28N2O4S. The molecule has 0 heterocycles. The van der Waals surface area contributed by atoms with Crippen LogP contribution in [0.5, 0.6) is 0 Å². The fourth-order valence-corrected chi connectivity index (χ4v) is 2.70. The lowest BCUT2D eigenvalue weighted by molar-refractivity contribution is -0.116. The van der Waals surface area contributed by atoms with Crippen LogP contribution in [-0.4, -0.2) is 31.2 Å². The zero-order valence-corrected chi connectivity index (χ0v) is 17.1. The maximum absolute atomic E-state index is 10.6. The summed E-state index contributed by atoms with van der Waals surface area (Å²) in [4.78, 5) is 10.6. The third kappa shape index (κ3) is 11.2. The second-order valence-electron chi connectivity index (χ2n) is 6.35. The minimum absolute atomic E-state index is 0.267. The number of unbranched alkanes of at least 4 members (excludes halogenated alkanes) is 1. The van der Waals surface area contributed by atoms with Crippen molar-refractivity contribution in [1.82, 2.24) is 5.32 Å². The van der Waals surface area contributed by atoms with Crippen LogP contribution in [-0.2, 0) is 14.9 Å². The summed E-state index contributed by atoms with van der Waals surface area (Å²) in [6.45, 7) is 7.83. The Morgan fingerprint density at radius 3 is 1.82 bits per heavy atom. The molecule has 2 aromatic carbocycles. The van der Waals surface area contributed by atoms with Gasteiger partial charge in [0, 0.05) is 17.9 Å². The Hall–Kier alpha value is -2.64. The summed E-state index contributed by atoms with van der Waals surface area (Å²) in [5.41, 5.74) is 4.82. The first-order valence-corrected chi connectivity index (χ1v) is 10.6. The third-order valence-electron chi connectivity index (χ3n) is 3.71. The van der Waals surface area contributed by atoms with Crippen molar-refractivity contribution in [1.29, 1.82) is 0 Å². The highest BCUT2D eigenvalue weighted by Crippen LogP contribution is 2.17. The highest BCUT2D eigenvalue weighted by atomic mass is 32.2. The Labute approximate surface area is 167 Å². The van der Waals surface area contributed by atoms with Gasteiger partial charge in [-0.3, -0.25) is 9.35 Å². The number of hydrogen-bond acceptors (Lipinski definition) is 4. The molecule has 0 aliphatic heterocycles. The second kappa shape index (κ2) is 11.9. The molecule has 0 atom stereocenters. The SMILES string of the molecule is C=CC(=O)NCCCCS(=O)(=O)O.Cc1ccc(Nc2ccc(C)cc2)cc1. The Bertz CT molecular complexity index is 801. The van der Waals surface area contributed by atoms with Gasteiger partial charge in [-0.1, -0.05) is 42.0 Å². The van der Waals surface area contributed by atoms with Crippen LogP contribution in [0, 0.1) is 13.8 Å². The largest absolute Gasteiger partial charge is 0.356 e. The van der Waals surface area contributed by atoms with E-state index in [0.29, 0.717) is 19.4 Å². The monoisotopic (exact) mass is 404 g/mol. The molecule has 0 fully saturated rings. The molecule has 0 saturated heterocycles. The lowest BCUT2D eigenvalue weighted by atomic mass is 10.2. The quantitative estimate of drug-likeness (QED) is 0.351. The summed E-state index contributed by atoms with van der Waals surface area (Å²) in [6.07, 6.45) is 1.98. The van der Waals surface area contributed by atoms with Gasteiger partial charge in [0.1, 0.15) is 0 Å². The van der Waals surface area contributed by atoms with Gasteiger partial charge in [-0.15, -0.1) is 0 Å². The fraction of sp³-hybridized carbons (Fsp3) is 0.286. The minimum atomic E-state index is -3.86. The van der Waals surface area contributed by atoms with Crippen molar-refractivity contribution in [2.75, 3.05) is 17.6 Å². The number of rotatable bonds is 8. The molecule has 0 aliphatic carbocycles. The van der Waals surface area contributed by atoms with Gasteiger partial charge in [0.25, 0.3) is 10.1 Å². The van der Waals surface area contributed by atoms with Crippen LogP contribution in [0.2, 0.25) is 0 Å². The summed E-state index contributed by atoms with van der Waals surface area (Å²) < 4.78 is 28.8. The highest BCUT2D eigenvalue weighted by Gasteiger charge is 2.03. The van der Waals surface area contributed by atoms with E-state index in [1.54, 1.807) is 0 Å². The molecule has 152 valence electrons.